The number of aliphatic imine (C=N–C) groups is 1. The molecule has 1 atom stereocenters. The average Bonchev–Trinajstić information content (AvgIpc) is 3.42. The van der Waals surface area contributed by atoms with E-state index >= 15 is 0 Å². The number of ether oxygens (including phenoxy) is 1. The van der Waals surface area contributed by atoms with Gasteiger partial charge in [-0.1, -0.05) is 28.1 Å². The minimum atomic E-state index is 0. The summed E-state index contributed by atoms with van der Waals surface area (Å²) in [7, 11) is 5.20. The van der Waals surface area contributed by atoms with Gasteiger partial charge < -0.3 is 20.3 Å². The first kappa shape index (κ1) is 23.2. The highest BCUT2D eigenvalue weighted by Gasteiger charge is 2.31. The van der Waals surface area contributed by atoms with Crippen LogP contribution in [-0.4, -0.2) is 57.2 Å². The molecule has 0 heterocycles. The summed E-state index contributed by atoms with van der Waals surface area (Å²) in [6.07, 6.45) is 2.41. The maximum absolute atomic E-state index is 11.9. The third kappa shape index (κ3) is 8.22. The summed E-state index contributed by atoms with van der Waals surface area (Å²) < 4.78 is 6.36. The van der Waals surface area contributed by atoms with Gasteiger partial charge in [0.25, 0.3) is 0 Å². The highest BCUT2D eigenvalue weighted by molar-refractivity contribution is 14.0. The number of benzene rings is 1. The molecule has 26 heavy (non-hydrogen) atoms. The number of carbonyl (C=O) groups excluding carboxylic acids is 1. The Morgan fingerprint density at radius 3 is 2.54 bits per heavy atom. The zero-order valence-corrected chi connectivity index (χ0v) is 19.4. The van der Waals surface area contributed by atoms with Crippen molar-refractivity contribution in [1.82, 2.24) is 15.5 Å². The van der Waals surface area contributed by atoms with Gasteiger partial charge >= 0.3 is 0 Å². The molecule has 1 aromatic carbocycles. The van der Waals surface area contributed by atoms with Crippen LogP contribution in [-0.2, 0) is 16.1 Å². The fraction of sp³-hybridized carbons (Fsp3) is 0.556. The third-order valence-corrected chi connectivity index (χ3v) is 4.63. The van der Waals surface area contributed by atoms with Crippen LogP contribution in [0.1, 0.15) is 18.4 Å². The lowest BCUT2D eigenvalue weighted by atomic mass is 10.2. The van der Waals surface area contributed by atoms with Gasteiger partial charge in [-0.3, -0.25) is 4.79 Å². The van der Waals surface area contributed by atoms with Gasteiger partial charge in [0.1, 0.15) is 0 Å². The Hall–Kier alpha value is -0.870. The first-order valence-electron chi connectivity index (χ1n) is 8.48. The van der Waals surface area contributed by atoms with E-state index in [9.17, 15) is 4.79 Å². The van der Waals surface area contributed by atoms with Gasteiger partial charge in [0.2, 0.25) is 5.91 Å². The van der Waals surface area contributed by atoms with Gasteiger partial charge in [-0.25, -0.2) is 4.99 Å². The molecule has 1 aliphatic rings. The van der Waals surface area contributed by atoms with Gasteiger partial charge in [-0.05, 0) is 36.5 Å². The molecule has 0 bridgehead atoms. The molecule has 0 aliphatic heterocycles. The molecule has 146 valence electrons. The highest BCUT2D eigenvalue weighted by Crippen LogP contribution is 2.32. The normalized spacial score (nSPS) is 15.0. The van der Waals surface area contributed by atoms with Gasteiger partial charge in [0.05, 0.1) is 25.7 Å². The van der Waals surface area contributed by atoms with E-state index in [1.54, 1.807) is 26.1 Å². The zero-order valence-electron chi connectivity index (χ0n) is 15.5. The lowest BCUT2D eigenvalue weighted by Crippen LogP contribution is -2.48. The second-order valence-electron chi connectivity index (χ2n) is 6.48. The maximum atomic E-state index is 11.9. The number of methoxy groups -OCH3 is 1. The molecule has 2 N–H and O–H groups in total. The smallest absolute Gasteiger partial charge is 0.241 e. The highest BCUT2D eigenvalue weighted by atomic mass is 127. The van der Waals surface area contributed by atoms with Crippen molar-refractivity contribution in [2.75, 3.05) is 34.4 Å². The summed E-state index contributed by atoms with van der Waals surface area (Å²) in [5, 5.41) is 6.56. The number of rotatable bonds is 8. The van der Waals surface area contributed by atoms with Crippen molar-refractivity contribution < 1.29 is 9.53 Å². The molecular formula is C18H28BrIN4O2. The van der Waals surface area contributed by atoms with Gasteiger partial charge in [-0.2, -0.15) is 0 Å². The first-order chi connectivity index (χ1) is 12.0. The number of likely N-dealkylation sites (N-methyl/N-ethyl adjacent to an activating group) is 1. The largest absolute Gasteiger partial charge is 0.383 e. The van der Waals surface area contributed by atoms with E-state index in [1.807, 2.05) is 24.3 Å². The zero-order chi connectivity index (χ0) is 18.2. The summed E-state index contributed by atoms with van der Waals surface area (Å²) in [6, 6.07) is 8.28. The van der Waals surface area contributed by atoms with E-state index in [0.29, 0.717) is 25.0 Å². The van der Waals surface area contributed by atoms with Crippen LogP contribution in [0.3, 0.4) is 0 Å². The minimum absolute atomic E-state index is 0. The Balaban J connectivity index is 0.00000338. The van der Waals surface area contributed by atoms with Gasteiger partial charge in [-0.15, -0.1) is 24.0 Å². The number of guanidine groups is 1. The quantitative estimate of drug-likeness (QED) is 0.303. The number of halogens is 2. The van der Waals surface area contributed by atoms with Crippen molar-refractivity contribution in [2.45, 2.75) is 25.4 Å². The summed E-state index contributed by atoms with van der Waals surface area (Å²) in [4.78, 5) is 18.1. The van der Waals surface area contributed by atoms with Crippen LogP contribution in [0.4, 0.5) is 0 Å². The van der Waals surface area contributed by atoms with E-state index in [2.05, 4.69) is 31.6 Å². The van der Waals surface area contributed by atoms with E-state index in [-0.39, 0.29) is 42.5 Å². The Kier molecular flexibility index (Phi) is 10.5. The average molecular weight is 539 g/mol. The monoisotopic (exact) mass is 538 g/mol. The van der Waals surface area contributed by atoms with E-state index in [0.717, 1.165) is 10.0 Å². The van der Waals surface area contributed by atoms with E-state index in [4.69, 9.17) is 4.74 Å². The number of nitrogens with zero attached hydrogens (tertiary/aromatic N) is 2. The fourth-order valence-electron chi connectivity index (χ4n) is 2.38. The van der Waals surface area contributed by atoms with Crippen LogP contribution >= 0.6 is 39.9 Å². The predicted molar refractivity (Wildman–Crippen MR) is 119 cm³/mol. The summed E-state index contributed by atoms with van der Waals surface area (Å²) in [6.45, 7) is 1.39. The Morgan fingerprint density at radius 1 is 1.35 bits per heavy atom. The van der Waals surface area contributed by atoms with Crippen molar-refractivity contribution >= 4 is 51.8 Å². The second kappa shape index (κ2) is 11.8. The number of hydrogen-bond donors (Lipinski definition) is 2. The third-order valence-electron chi connectivity index (χ3n) is 4.10. The molecule has 1 amide bonds. The molecule has 0 spiro atoms. The Bertz CT molecular complexity index is 591. The maximum Gasteiger partial charge on any atom is 0.241 e. The van der Waals surface area contributed by atoms with Crippen LogP contribution < -0.4 is 10.6 Å². The second-order valence-corrected chi connectivity index (χ2v) is 7.39. The minimum Gasteiger partial charge on any atom is -0.383 e. The number of amides is 1. The van der Waals surface area contributed by atoms with Crippen LogP contribution in [0.2, 0.25) is 0 Å². The summed E-state index contributed by atoms with van der Waals surface area (Å²) in [5.41, 5.74) is 1.11. The lowest BCUT2D eigenvalue weighted by Gasteiger charge is -2.21. The molecular weight excluding hydrogens is 511 g/mol. The molecule has 1 aliphatic carbocycles. The molecule has 1 aromatic rings. The first-order valence-corrected chi connectivity index (χ1v) is 9.27. The van der Waals surface area contributed by atoms with Crippen molar-refractivity contribution in [2.24, 2.45) is 10.9 Å². The molecule has 1 fully saturated rings. The summed E-state index contributed by atoms with van der Waals surface area (Å²) in [5.74, 6) is 1.27. The molecule has 0 saturated heterocycles. The van der Waals surface area contributed by atoms with Crippen LogP contribution in [0, 0.1) is 5.92 Å². The molecule has 8 heteroatoms. The topological polar surface area (TPSA) is 66.0 Å². The van der Waals surface area contributed by atoms with Crippen molar-refractivity contribution in [3.63, 3.8) is 0 Å². The van der Waals surface area contributed by atoms with E-state index in [1.165, 1.54) is 12.8 Å². The Labute approximate surface area is 181 Å². The van der Waals surface area contributed by atoms with E-state index < -0.39 is 0 Å². The molecule has 0 aromatic heterocycles. The molecule has 1 unspecified atom stereocenters. The van der Waals surface area contributed by atoms with Crippen LogP contribution in [0.25, 0.3) is 0 Å². The number of carbonyl (C=O) groups is 1. The van der Waals surface area contributed by atoms with Crippen molar-refractivity contribution in [3.05, 3.63) is 34.3 Å². The molecule has 6 nitrogen and oxygen atoms in total. The fourth-order valence-corrected chi connectivity index (χ4v) is 2.64. The number of nitrogens with one attached hydrogen (secondary N) is 2. The van der Waals surface area contributed by atoms with Crippen LogP contribution in [0.15, 0.2) is 33.7 Å². The molecule has 0 radical (unpaired) electrons. The standard InChI is InChI=1S/C18H27BrN4O2.HI/c1-23(2)17(24)11-21-18(22-16(12-25-3)14-6-7-14)20-10-13-4-8-15(19)9-5-13;/h4-5,8-9,14,16H,6-7,10-12H2,1-3H3,(H2,20,21,22);1H. The van der Waals surface area contributed by atoms with Crippen molar-refractivity contribution in [3.8, 4) is 0 Å². The van der Waals surface area contributed by atoms with Gasteiger partial charge in [0, 0.05) is 25.7 Å². The summed E-state index contributed by atoms with van der Waals surface area (Å²) >= 11 is 3.44. The number of hydrogen-bond acceptors (Lipinski definition) is 3. The predicted octanol–water partition coefficient (Wildman–Crippen LogP) is 2.62. The molecule has 2 rings (SSSR count). The molecule has 1 saturated carbocycles. The lowest BCUT2D eigenvalue weighted by molar-refractivity contribution is -0.127. The van der Waals surface area contributed by atoms with Gasteiger partial charge in [0.15, 0.2) is 5.96 Å². The van der Waals surface area contributed by atoms with Crippen LogP contribution in [0.5, 0.6) is 0 Å². The van der Waals surface area contributed by atoms with Crippen molar-refractivity contribution in [1.29, 1.82) is 0 Å². The Morgan fingerprint density at radius 2 is 2.00 bits per heavy atom. The SMILES string of the molecule is COCC(NC(=NCc1ccc(Br)cc1)NCC(=O)N(C)C)C1CC1.I.